The molecular formula is C4H8N2O4. The molecule has 0 spiro atoms. The second-order valence-corrected chi connectivity index (χ2v) is 1.34. The number of methoxy groups -OCH3 is 1. The molecule has 0 aliphatic rings. The molecule has 0 atom stereocenters. The summed E-state index contributed by atoms with van der Waals surface area (Å²) >= 11 is 0. The first kappa shape index (κ1) is 8.70. The Kier molecular flexibility index (Phi) is 3.20. The lowest BCUT2D eigenvalue weighted by atomic mass is 10.9. The Hall–Kier alpha value is -1.30. The van der Waals surface area contributed by atoms with Crippen molar-refractivity contribution in [2.45, 2.75) is 0 Å². The van der Waals surface area contributed by atoms with Gasteiger partial charge in [-0.1, -0.05) is 0 Å². The molecular weight excluding hydrogens is 140 g/mol. The number of amides is 3. The minimum atomic E-state index is -1.13. The van der Waals surface area contributed by atoms with E-state index in [-0.39, 0.29) is 5.06 Å². The van der Waals surface area contributed by atoms with E-state index in [2.05, 4.69) is 4.74 Å². The van der Waals surface area contributed by atoms with Crippen LogP contribution < -0.4 is 5.32 Å². The number of ether oxygens (including phenoxy) is 1. The summed E-state index contributed by atoms with van der Waals surface area (Å²) in [6.45, 7) is 0. The lowest BCUT2D eigenvalue weighted by Gasteiger charge is -2.09. The molecule has 0 aromatic carbocycles. The van der Waals surface area contributed by atoms with Crippen molar-refractivity contribution in [3.05, 3.63) is 0 Å². The van der Waals surface area contributed by atoms with Gasteiger partial charge in [-0.05, 0) is 0 Å². The van der Waals surface area contributed by atoms with Gasteiger partial charge in [0.25, 0.3) is 0 Å². The highest BCUT2D eigenvalue weighted by molar-refractivity contribution is 5.88. The summed E-state index contributed by atoms with van der Waals surface area (Å²) in [6.07, 6.45) is -1.13. The maximum absolute atomic E-state index is 10.4. The van der Waals surface area contributed by atoms with Crippen molar-refractivity contribution < 1.29 is 19.5 Å². The van der Waals surface area contributed by atoms with E-state index < -0.39 is 12.1 Å². The van der Waals surface area contributed by atoms with Crippen molar-refractivity contribution in [3.63, 3.8) is 0 Å². The number of imide groups is 1. The van der Waals surface area contributed by atoms with Crippen LogP contribution in [0.5, 0.6) is 0 Å². The highest BCUT2D eigenvalue weighted by Gasteiger charge is 2.17. The van der Waals surface area contributed by atoms with E-state index in [1.54, 1.807) is 0 Å². The molecule has 10 heavy (non-hydrogen) atoms. The van der Waals surface area contributed by atoms with Gasteiger partial charge in [-0.3, -0.25) is 5.21 Å². The summed E-state index contributed by atoms with van der Waals surface area (Å²) in [5.74, 6) is 0. The third kappa shape index (κ3) is 1.90. The van der Waals surface area contributed by atoms with Crippen LogP contribution in [0.1, 0.15) is 0 Å². The summed E-state index contributed by atoms with van der Waals surface area (Å²) in [6, 6.07) is -0.938. The number of hydrogen-bond acceptors (Lipinski definition) is 4. The number of carbonyl (C=O) groups is 2. The van der Waals surface area contributed by atoms with Crippen LogP contribution in [0.15, 0.2) is 0 Å². The van der Waals surface area contributed by atoms with E-state index in [0.29, 0.717) is 0 Å². The second kappa shape index (κ2) is 3.67. The predicted octanol–water partition coefficient (Wildman–Crippen LogP) is -0.217. The number of rotatable bonds is 0. The molecule has 0 aliphatic heterocycles. The van der Waals surface area contributed by atoms with Crippen molar-refractivity contribution in [2.75, 3.05) is 14.2 Å². The summed E-state index contributed by atoms with van der Waals surface area (Å²) < 4.78 is 4.01. The Morgan fingerprint density at radius 3 is 2.40 bits per heavy atom. The van der Waals surface area contributed by atoms with Crippen molar-refractivity contribution in [1.29, 1.82) is 0 Å². The molecule has 0 saturated heterocycles. The van der Waals surface area contributed by atoms with Gasteiger partial charge in [0.2, 0.25) is 0 Å². The molecule has 3 amide bonds. The molecule has 0 aromatic rings. The highest BCUT2D eigenvalue weighted by atomic mass is 16.6. The van der Waals surface area contributed by atoms with E-state index in [9.17, 15) is 9.59 Å². The zero-order chi connectivity index (χ0) is 8.15. The SMILES string of the molecule is CNC(=O)N(O)C(=O)OC. The molecule has 0 unspecified atom stereocenters. The Labute approximate surface area is 57.3 Å². The van der Waals surface area contributed by atoms with Gasteiger partial charge in [0, 0.05) is 7.05 Å². The number of nitrogens with zero attached hydrogens (tertiary/aromatic N) is 1. The number of urea groups is 1. The molecule has 0 aliphatic carbocycles. The van der Waals surface area contributed by atoms with Crippen LogP contribution in [0.2, 0.25) is 0 Å². The number of nitrogens with one attached hydrogen (secondary N) is 1. The molecule has 0 radical (unpaired) electrons. The van der Waals surface area contributed by atoms with E-state index in [1.807, 2.05) is 5.32 Å². The van der Waals surface area contributed by atoms with Gasteiger partial charge in [-0.25, -0.2) is 9.59 Å². The lowest BCUT2D eigenvalue weighted by Crippen LogP contribution is -2.39. The molecule has 0 aromatic heterocycles. The van der Waals surface area contributed by atoms with Gasteiger partial charge in [-0.15, -0.1) is 5.06 Å². The van der Waals surface area contributed by atoms with E-state index in [0.717, 1.165) is 7.11 Å². The Bertz CT molecular complexity index is 130. The van der Waals surface area contributed by atoms with Gasteiger partial charge in [-0.2, -0.15) is 0 Å². The molecule has 0 rings (SSSR count). The van der Waals surface area contributed by atoms with Crippen molar-refractivity contribution in [3.8, 4) is 0 Å². The topological polar surface area (TPSA) is 78.9 Å². The van der Waals surface area contributed by atoms with Crippen LogP contribution in [-0.4, -0.2) is 36.6 Å². The second-order valence-electron chi connectivity index (χ2n) is 1.34. The Balaban J connectivity index is 3.94. The van der Waals surface area contributed by atoms with Gasteiger partial charge >= 0.3 is 12.1 Å². The maximum Gasteiger partial charge on any atom is 0.442 e. The van der Waals surface area contributed by atoms with Gasteiger partial charge in [0.15, 0.2) is 0 Å². The van der Waals surface area contributed by atoms with Gasteiger partial charge in [0.05, 0.1) is 7.11 Å². The van der Waals surface area contributed by atoms with Crippen LogP contribution in [0.25, 0.3) is 0 Å². The fourth-order valence-electron chi connectivity index (χ4n) is 0.275. The lowest BCUT2D eigenvalue weighted by molar-refractivity contribution is -0.0299. The molecule has 6 nitrogen and oxygen atoms in total. The average Bonchev–Trinajstić information content (AvgIpc) is 2.00. The van der Waals surface area contributed by atoms with Crippen molar-refractivity contribution in [2.24, 2.45) is 0 Å². The zero-order valence-corrected chi connectivity index (χ0v) is 5.62. The normalized spacial score (nSPS) is 8.30. The summed E-state index contributed by atoms with van der Waals surface area (Å²) in [7, 11) is 2.32. The largest absolute Gasteiger partial charge is 0.451 e. The quantitative estimate of drug-likeness (QED) is 0.367. The van der Waals surface area contributed by atoms with Crippen molar-refractivity contribution >= 4 is 12.1 Å². The summed E-state index contributed by atoms with van der Waals surface area (Å²) in [5, 5.41) is 10.4. The highest BCUT2D eigenvalue weighted by Crippen LogP contribution is 1.86. The van der Waals surface area contributed by atoms with Crippen LogP contribution in [0.3, 0.4) is 0 Å². The summed E-state index contributed by atoms with van der Waals surface area (Å²) in [5.41, 5.74) is 0. The molecule has 0 fully saturated rings. The zero-order valence-electron chi connectivity index (χ0n) is 5.62. The summed E-state index contributed by atoms with van der Waals surface area (Å²) in [4.78, 5) is 20.7. The smallest absolute Gasteiger partial charge is 0.442 e. The first-order valence-electron chi connectivity index (χ1n) is 2.42. The van der Waals surface area contributed by atoms with Gasteiger partial charge < -0.3 is 10.1 Å². The molecule has 58 valence electrons. The monoisotopic (exact) mass is 148 g/mol. The molecule has 6 heteroatoms. The Morgan fingerprint density at radius 1 is 1.60 bits per heavy atom. The van der Waals surface area contributed by atoms with Crippen LogP contribution in [0.4, 0.5) is 9.59 Å². The number of hydroxylamine groups is 2. The first-order chi connectivity index (χ1) is 4.63. The van der Waals surface area contributed by atoms with Crippen molar-refractivity contribution in [1.82, 2.24) is 10.4 Å². The fraction of sp³-hybridized carbons (Fsp3) is 0.500. The van der Waals surface area contributed by atoms with Crippen LogP contribution >= 0.6 is 0 Å². The number of hydrogen-bond donors (Lipinski definition) is 2. The third-order valence-electron chi connectivity index (χ3n) is 0.754. The molecule has 0 saturated carbocycles. The standard InChI is InChI=1S/C4H8N2O4/c1-5-3(7)6(9)4(8)10-2/h9H,1-2H3,(H,5,7). The van der Waals surface area contributed by atoms with Gasteiger partial charge in [0.1, 0.15) is 0 Å². The van der Waals surface area contributed by atoms with Crippen LogP contribution in [-0.2, 0) is 4.74 Å². The predicted molar refractivity (Wildman–Crippen MR) is 30.5 cm³/mol. The number of carbonyl (C=O) groups excluding carboxylic acids is 2. The van der Waals surface area contributed by atoms with E-state index in [4.69, 9.17) is 5.21 Å². The van der Waals surface area contributed by atoms with Crippen LogP contribution in [0, 0.1) is 0 Å². The van der Waals surface area contributed by atoms with E-state index >= 15 is 0 Å². The third-order valence-corrected chi connectivity index (χ3v) is 0.754. The molecule has 0 heterocycles. The maximum atomic E-state index is 10.4. The average molecular weight is 148 g/mol. The fourth-order valence-corrected chi connectivity index (χ4v) is 0.275. The molecule has 2 N–H and O–H groups in total. The minimum Gasteiger partial charge on any atom is -0.451 e. The molecule has 0 bridgehead atoms. The Morgan fingerprint density at radius 2 is 2.10 bits per heavy atom. The minimum absolute atomic E-state index is 0.167. The first-order valence-corrected chi connectivity index (χ1v) is 2.42. The van der Waals surface area contributed by atoms with E-state index in [1.165, 1.54) is 7.05 Å².